The summed E-state index contributed by atoms with van der Waals surface area (Å²) in [7, 11) is 0. The monoisotopic (exact) mass is 236 g/mol. The number of aliphatic hydroxyl groups is 1. The lowest BCUT2D eigenvalue weighted by atomic mass is 9.85. The van der Waals surface area contributed by atoms with Gasteiger partial charge in [-0.05, 0) is 18.4 Å². The van der Waals surface area contributed by atoms with Crippen molar-refractivity contribution in [3.63, 3.8) is 0 Å². The second kappa shape index (κ2) is 6.15. The Bertz CT molecular complexity index is 326. The Hall–Kier alpha value is -0.900. The van der Waals surface area contributed by atoms with Crippen LogP contribution in [-0.4, -0.2) is 23.3 Å². The van der Waals surface area contributed by atoms with Gasteiger partial charge in [-0.2, -0.15) is 0 Å². The van der Waals surface area contributed by atoms with Gasteiger partial charge in [0.2, 0.25) is 0 Å². The molecule has 0 heterocycles. The highest BCUT2D eigenvalue weighted by Crippen LogP contribution is 2.16. The molecule has 0 aliphatic heterocycles. The van der Waals surface area contributed by atoms with E-state index in [1.165, 1.54) is 5.56 Å². The van der Waals surface area contributed by atoms with Gasteiger partial charge in [-0.15, -0.1) is 0 Å². The Morgan fingerprint density at radius 1 is 1.29 bits per heavy atom. The number of aliphatic hydroxyl groups excluding tert-OH is 1. The molecular formula is C14H24N2O. The lowest BCUT2D eigenvalue weighted by Crippen LogP contribution is -2.60. The van der Waals surface area contributed by atoms with Gasteiger partial charge >= 0.3 is 0 Å². The fraction of sp³-hybridized carbons (Fsp3) is 0.571. The third-order valence-corrected chi connectivity index (χ3v) is 3.32. The molecule has 0 amide bonds. The topological polar surface area (TPSA) is 58.3 Å². The first-order valence-electron chi connectivity index (χ1n) is 6.15. The van der Waals surface area contributed by atoms with E-state index in [1.54, 1.807) is 0 Å². The molecule has 96 valence electrons. The first-order valence-corrected chi connectivity index (χ1v) is 6.15. The largest absolute Gasteiger partial charge is 0.394 e. The molecule has 1 rings (SSSR count). The predicted octanol–water partition coefficient (Wildman–Crippen LogP) is 1.51. The van der Waals surface area contributed by atoms with Crippen LogP contribution < -0.4 is 11.1 Å². The van der Waals surface area contributed by atoms with Crippen LogP contribution in [0.15, 0.2) is 30.3 Å². The summed E-state index contributed by atoms with van der Waals surface area (Å²) in [6, 6.07) is 10.1. The smallest absolute Gasteiger partial charge is 0.0626 e. The van der Waals surface area contributed by atoms with Crippen LogP contribution in [0.3, 0.4) is 0 Å². The van der Waals surface area contributed by atoms with Crippen molar-refractivity contribution in [1.82, 2.24) is 5.32 Å². The van der Waals surface area contributed by atoms with Crippen molar-refractivity contribution < 1.29 is 5.11 Å². The Kier molecular flexibility index (Phi) is 5.12. The lowest BCUT2D eigenvalue weighted by Gasteiger charge is -2.37. The number of hydrogen-bond acceptors (Lipinski definition) is 3. The van der Waals surface area contributed by atoms with Gasteiger partial charge in [-0.1, -0.05) is 44.2 Å². The minimum atomic E-state index is -0.440. The molecule has 0 saturated carbocycles. The Morgan fingerprint density at radius 3 is 2.35 bits per heavy atom. The van der Waals surface area contributed by atoms with E-state index in [-0.39, 0.29) is 12.6 Å². The van der Waals surface area contributed by atoms with Gasteiger partial charge in [0, 0.05) is 12.6 Å². The highest BCUT2D eigenvalue weighted by atomic mass is 16.3. The van der Waals surface area contributed by atoms with Crippen molar-refractivity contribution in [1.29, 1.82) is 0 Å². The summed E-state index contributed by atoms with van der Waals surface area (Å²) in [4.78, 5) is 0. The van der Waals surface area contributed by atoms with Crippen LogP contribution in [0, 0.1) is 5.92 Å². The molecule has 0 aliphatic carbocycles. The number of nitrogens with one attached hydrogen (secondary N) is 1. The van der Waals surface area contributed by atoms with Crippen molar-refractivity contribution in [3.8, 4) is 0 Å². The fourth-order valence-corrected chi connectivity index (χ4v) is 1.91. The summed E-state index contributed by atoms with van der Waals surface area (Å²) in [5.74, 6) is 0.329. The zero-order chi connectivity index (χ0) is 12.9. The average molecular weight is 236 g/mol. The summed E-state index contributed by atoms with van der Waals surface area (Å²) in [5.41, 5.74) is 6.90. The van der Waals surface area contributed by atoms with Crippen molar-refractivity contribution >= 4 is 0 Å². The molecule has 0 fully saturated rings. The first-order chi connectivity index (χ1) is 7.99. The van der Waals surface area contributed by atoms with Crippen molar-refractivity contribution in [3.05, 3.63) is 35.9 Å². The Balaban J connectivity index is 2.64. The molecule has 0 aromatic heterocycles. The quantitative estimate of drug-likeness (QED) is 0.701. The Labute approximate surface area is 104 Å². The summed E-state index contributed by atoms with van der Waals surface area (Å²) < 4.78 is 0. The van der Waals surface area contributed by atoms with Crippen molar-refractivity contribution in [2.75, 3.05) is 6.61 Å². The van der Waals surface area contributed by atoms with Gasteiger partial charge < -0.3 is 16.2 Å². The lowest BCUT2D eigenvalue weighted by molar-refractivity contribution is 0.130. The van der Waals surface area contributed by atoms with E-state index in [9.17, 15) is 5.11 Å². The molecule has 0 saturated heterocycles. The zero-order valence-electron chi connectivity index (χ0n) is 11.0. The van der Waals surface area contributed by atoms with Gasteiger partial charge in [0.05, 0.1) is 12.1 Å². The number of benzene rings is 1. The van der Waals surface area contributed by atoms with Gasteiger partial charge in [-0.25, -0.2) is 0 Å². The van der Waals surface area contributed by atoms with E-state index >= 15 is 0 Å². The minimum Gasteiger partial charge on any atom is -0.394 e. The molecule has 0 radical (unpaired) electrons. The van der Waals surface area contributed by atoms with Gasteiger partial charge in [-0.3, -0.25) is 0 Å². The normalized spacial score (nSPS) is 16.8. The third-order valence-electron chi connectivity index (χ3n) is 3.32. The summed E-state index contributed by atoms with van der Waals surface area (Å²) >= 11 is 0. The van der Waals surface area contributed by atoms with Crippen LogP contribution in [0.25, 0.3) is 0 Å². The van der Waals surface area contributed by atoms with E-state index in [4.69, 9.17) is 5.73 Å². The molecule has 1 aromatic carbocycles. The predicted molar refractivity (Wildman–Crippen MR) is 71.6 cm³/mol. The maximum absolute atomic E-state index is 9.54. The number of hydrogen-bond donors (Lipinski definition) is 3. The van der Waals surface area contributed by atoms with E-state index < -0.39 is 5.54 Å². The standard InChI is InChI=1S/C14H24N2O/c1-11(2)13(15)14(3,10-17)16-9-12-7-5-4-6-8-12/h4-8,11,13,16-17H,9-10,15H2,1-3H3/t13-,14-/m1/s1. The van der Waals surface area contributed by atoms with Crippen LogP contribution in [0.5, 0.6) is 0 Å². The minimum absolute atomic E-state index is 0.0409. The van der Waals surface area contributed by atoms with Gasteiger partial charge in [0.25, 0.3) is 0 Å². The molecule has 1 aromatic rings. The van der Waals surface area contributed by atoms with E-state index in [1.807, 2.05) is 25.1 Å². The van der Waals surface area contributed by atoms with Crippen molar-refractivity contribution in [2.24, 2.45) is 11.7 Å². The highest BCUT2D eigenvalue weighted by Gasteiger charge is 2.32. The summed E-state index contributed by atoms with van der Waals surface area (Å²) in [6.45, 7) is 6.88. The average Bonchev–Trinajstić information content (AvgIpc) is 2.36. The molecule has 0 unspecified atom stereocenters. The molecule has 2 atom stereocenters. The maximum atomic E-state index is 9.54. The second-order valence-electron chi connectivity index (χ2n) is 5.18. The molecule has 3 nitrogen and oxygen atoms in total. The number of nitrogens with two attached hydrogens (primary N) is 1. The maximum Gasteiger partial charge on any atom is 0.0626 e. The highest BCUT2D eigenvalue weighted by molar-refractivity contribution is 5.15. The molecule has 0 bridgehead atoms. The van der Waals surface area contributed by atoms with Crippen LogP contribution in [0.1, 0.15) is 26.3 Å². The second-order valence-corrected chi connectivity index (χ2v) is 5.18. The Morgan fingerprint density at radius 2 is 1.88 bits per heavy atom. The van der Waals surface area contributed by atoms with Gasteiger partial charge in [0.1, 0.15) is 0 Å². The van der Waals surface area contributed by atoms with Crippen LogP contribution in [0.4, 0.5) is 0 Å². The molecular weight excluding hydrogens is 212 g/mol. The van der Waals surface area contributed by atoms with E-state index in [2.05, 4.69) is 31.3 Å². The first kappa shape index (κ1) is 14.2. The number of rotatable bonds is 6. The van der Waals surface area contributed by atoms with Crippen LogP contribution >= 0.6 is 0 Å². The zero-order valence-corrected chi connectivity index (χ0v) is 11.0. The molecule has 0 aliphatic rings. The van der Waals surface area contributed by atoms with E-state index in [0.717, 1.165) is 6.54 Å². The van der Waals surface area contributed by atoms with Crippen LogP contribution in [-0.2, 0) is 6.54 Å². The van der Waals surface area contributed by atoms with Crippen LogP contribution in [0.2, 0.25) is 0 Å². The molecule has 17 heavy (non-hydrogen) atoms. The molecule has 4 N–H and O–H groups in total. The van der Waals surface area contributed by atoms with E-state index in [0.29, 0.717) is 5.92 Å². The molecule has 3 heteroatoms. The van der Waals surface area contributed by atoms with Crippen molar-refractivity contribution in [2.45, 2.75) is 38.9 Å². The van der Waals surface area contributed by atoms with Gasteiger partial charge in [0.15, 0.2) is 0 Å². The molecule has 0 spiro atoms. The third kappa shape index (κ3) is 3.80. The summed E-state index contributed by atoms with van der Waals surface area (Å²) in [5, 5.41) is 12.9. The SMILES string of the molecule is CC(C)[C@@H](N)[C@@](C)(CO)NCc1ccccc1. The summed E-state index contributed by atoms with van der Waals surface area (Å²) in [6.07, 6.45) is 0. The fourth-order valence-electron chi connectivity index (χ4n) is 1.91.